The van der Waals surface area contributed by atoms with Crippen LogP contribution in [0.4, 0.5) is 0 Å². The van der Waals surface area contributed by atoms with Gasteiger partial charge < -0.3 is 19.0 Å². The Morgan fingerprint density at radius 2 is 1.49 bits per heavy atom. The van der Waals surface area contributed by atoms with E-state index in [1.54, 1.807) is 0 Å². The normalized spacial score (nSPS) is 11.9. The molecule has 6 nitrogen and oxygen atoms in total. The number of furan rings is 1. The summed E-state index contributed by atoms with van der Waals surface area (Å²) in [5.41, 5.74) is 13.4. The molecule has 8 heteroatoms. The van der Waals surface area contributed by atoms with Gasteiger partial charge in [0.05, 0.1) is 30.6 Å². The molecule has 0 saturated heterocycles. The molecule has 0 atom stereocenters. The quantitative estimate of drug-likeness (QED) is 0.112. The number of para-hydroxylation sites is 2. The van der Waals surface area contributed by atoms with Gasteiger partial charge in [-0.25, -0.2) is 0 Å². The second kappa shape index (κ2) is 17.6. The molecule has 5 aromatic heterocycles. The van der Waals surface area contributed by atoms with E-state index in [2.05, 4.69) is 172 Å². The van der Waals surface area contributed by atoms with Gasteiger partial charge in [0.15, 0.2) is 0 Å². The fraction of sp³-hybridized carbons (Fsp3) is 0.283. The summed E-state index contributed by atoms with van der Waals surface area (Å²) >= 11 is 0. The average molecular weight is 998 g/mol. The number of pyridine rings is 3. The van der Waals surface area contributed by atoms with Crippen LogP contribution in [0.3, 0.4) is 0 Å². The Hall–Kier alpha value is -5.27. The van der Waals surface area contributed by atoms with Crippen LogP contribution in [0.15, 0.2) is 108 Å². The van der Waals surface area contributed by atoms with Crippen molar-refractivity contribution in [2.45, 2.75) is 93.3 Å². The molecule has 61 heavy (non-hydrogen) atoms. The van der Waals surface area contributed by atoms with Crippen LogP contribution in [-0.4, -0.2) is 32.6 Å². The largest absolute Gasteiger partial charge is 0.481 e. The van der Waals surface area contributed by atoms with E-state index < -0.39 is 8.07 Å². The van der Waals surface area contributed by atoms with E-state index >= 15 is 0 Å². The second-order valence-corrected chi connectivity index (χ2v) is 23.2. The fourth-order valence-electron chi connectivity index (χ4n) is 8.61. The zero-order valence-electron chi connectivity index (χ0n) is 37.2. The van der Waals surface area contributed by atoms with E-state index in [0.29, 0.717) is 23.5 Å². The van der Waals surface area contributed by atoms with Crippen molar-refractivity contribution in [3.63, 3.8) is 0 Å². The summed E-state index contributed by atoms with van der Waals surface area (Å²) in [5, 5.41) is 6.00. The van der Waals surface area contributed by atoms with E-state index in [0.717, 1.165) is 67.8 Å². The first-order chi connectivity index (χ1) is 28.7. The first-order valence-corrected chi connectivity index (χ1v) is 24.8. The van der Waals surface area contributed by atoms with Crippen molar-refractivity contribution in [2.24, 2.45) is 5.92 Å². The molecule has 0 aliphatic heterocycles. The van der Waals surface area contributed by atoms with Gasteiger partial charge in [-0.05, 0) is 107 Å². The van der Waals surface area contributed by atoms with Crippen LogP contribution in [0.25, 0.3) is 72.2 Å². The van der Waals surface area contributed by atoms with Crippen molar-refractivity contribution in [1.29, 1.82) is 0 Å². The van der Waals surface area contributed by atoms with E-state index in [1.807, 2.05) is 38.1 Å². The summed E-state index contributed by atoms with van der Waals surface area (Å²) in [6.07, 6.45) is 6.52. The van der Waals surface area contributed by atoms with Crippen molar-refractivity contribution in [3.05, 3.63) is 144 Å². The Kier molecular flexibility index (Phi) is 12.6. The molecule has 0 fully saturated rings. The van der Waals surface area contributed by atoms with Gasteiger partial charge >= 0.3 is 0 Å². The molecule has 0 N–H and O–H groups in total. The SMILES string of the molecule is CC(C)Cc1cc(-c2[c-]cccc2)ncc1[Si](C)(C)C.Cc1cc2c(oc3n[c-]c(-c4nc5ccccc5n4-c4c(C(C)C)cc5ccccc5c4C(C)C)cc32)c(C)n1.[Ir]. The van der Waals surface area contributed by atoms with Crippen LogP contribution in [0.5, 0.6) is 0 Å². The Morgan fingerprint density at radius 1 is 0.754 bits per heavy atom. The number of aryl methyl sites for hydroxylation is 2. The number of hydrogen-bond acceptors (Lipinski definition) is 5. The predicted molar refractivity (Wildman–Crippen MR) is 253 cm³/mol. The van der Waals surface area contributed by atoms with E-state index in [-0.39, 0.29) is 20.1 Å². The third-order valence-corrected chi connectivity index (χ3v) is 13.3. The topological polar surface area (TPSA) is 69.6 Å². The number of hydrogen-bond donors (Lipinski definition) is 0. The van der Waals surface area contributed by atoms with E-state index in [1.165, 1.54) is 38.3 Å². The smallest absolute Gasteiger partial charge is 0.144 e. The molecule has 0 bridgehead atoms. The zero-order valence-corrected chi connectivity index (χ0v) is 40.6. The minimum Gasteiger partial charge on any atom is -0.481 e. The molecule has 313 valence electrons. The van der Waals surface area contributed by atoms with Crippen molar-refractivity contribution >= 4 is 57.1 Å². The number of benzene rings is 4. The van der Waals surface area contributed by atoms with Gasteiger partial charge in [-0.2, -0.15) is 0 Å². The molecule has 4 aromatic carbocycles. The van der Waals surface area contributed by atoms with Crippen LogP contribution >= 0.6 is 0 Å². The van der Waals surface area contributed by atoms with Crippen LogP contribution < -0.4 is 5.19 Å². The standard InChI is InChI=1S/C35H31N4O.C18H24NSi.Ir/c1-19(2)26-16-23-11-7-8-12-25(23)31(20(3)4)32(26)39-30-14-10-9-13-29(30)38-34(39)24-17-28-27-15-21(5)37-22(6)33(27)40-35(28)36-18-24;1-14(2)11-16-12-17(15-9-7-6-8-10-15)19-13-18(16)20(3,4)5;/h7-17,19-20H,1-6H3;6-9,12-14H,11H2,1-5H3;/q2*-1;. The van der Waals surface area contributed by atoms with Gasteiger partial charge in [-0.15, -0.1) is 42.0 Å². The molecule has 9 rings (SSSR count). The first-order valence-electron chi connectivity index (χ1n) is 21.3. The molecule has 0 saturated carbocycles. The molecule has 1 radical (unpaired) electrons. The summed E-state index contributed by atoms with van der Waals surface area (Å²) in [4.78, 5) is 19.1. The molecule has 0 aliphatic rings. The fourth-order valence-corrected chi connectivity index (χ4v) is 10.2. The number of imidazole rings is 1. The van der Waals surface area contributed by atoms with Crippen molar-refractivity contribution in [1.82, 2.24) is 24.5 Å². The molecule has 5 heterocycles. The van der Waals surface area contributed by atoms with Crippen LogP contribution in [0.2, 0.25) is 19.6 Å². The maximum Gasteiger partial charge on any atom is 0.144 e. The monoisotopic (exact) mass is 998 g/mol. The third kappa shape index (κ3) is 8.64. The summed E-state index contributed by atoms with van der Waals surface area (Å²) in [6.45, 7) is 24.8. The molecular weight excluding hydrogens is 943 g/mol. The number of nitrogens with zero attached hydrogens (tertiary/aromatic N) is 5. The minimum atomic E-state index is -1.34. The van der Waals surface area contributed by atoms with E-state index in [9.17, 15) is 0 Å². The Bertz CT molecular complexity index is 3010. The van der Waals surface area contributed by atoms with Crippen LogP contribution in [0, 0.1) is 32.0 Å². The predicted octanol–water partition coefficient (Wildman–Crippen LogP) is 13.5. The van der Waals surface area contributed by atoms with Gasteiger partial charge in [0, 0.05) is 43.1 Å². The molecule has 0 unspecified atom stereocenters. The van der Waals surface area contributed by atoms with Gasteiger partial charge in [0.25, 0.3) is 0 Å². The zero-order chi connectivity index (χ0) is 42.5. The number of aromatic nitrogens is 5. The van der Waals surface area contributed by atoms with Gasteiger partial charge in [0.2, 0.25) is 0 Å². The summed E-state index contributed by atoms with van der Waals surface area (Å²) in [5.74, 6) is 2.10. The molecule has 0 aliphatic carbocycles. The average Bonchev–Trinajstić information content (AvgIpc) is 3.78. The molecule has 0 amide bonds. The second-order valence-electron chi connectivity index (χ2n) is 18.2. The summed E-state index contributed by atoms with van der Waals surface area (Å²) in [6, 6.07) is 37.3. The first kappa shape index (κ1) is 43.8. The van der Waals surface area contributed by atoms with Crippen molar-refractivity contribution in [3.8, 4) is 28.3 Å². The van der Waals surface area contributed by atoms with Crippen LogP contribution in [0.1, 0.15) is 81.5 Å². The summed E-state index contributed by atoms with van der Waals surface area (Å²) < 4.78 is 8.46. The van der Waals surface area contributed by atoms with Gasteiger partial charge in [0.1, 0.15) is 11.3 Å². The third-order valence-electron chi connectivity index (χ3n) is 11.3. The van der Waals surface area contributed by atoms with Crippen LogP contribution in [-0.2, 0) is 26.5 Å². The van der Waals surface area contributed by atoms with Crippen molar-refractivity contribution in [2.75, 3.05) is 0 Å². The number of rotatable bonds is 8. The minimum absolute atomic E-state index is 0. The maximum atomic E-state index is 6.12. The molecule has 9 aromatic rings. The number of fused-ring (bicyclic) bond motifs is 5. The molecular formula is C53H55IrN5OSi-2. The van der Waals surface area contributed by atoms with Crippen molar-refractivity contribution < 1.29 is 24.5 Å². The Balaban J connectivity index is 0.000000226. The van der Waals surface area contributed by atoms with Gasteiger partial charge in [-0.1, -0.05) is 115 Å². The maximum absolute atomic E-state index is 6.12. The van der Waals surface area contributed by atoms with Gasteiger partial charge in [-0.3, -0.25) is 9.97 Å². The Morgan fingerprint density at radius 3 is 2.20 bits per heavy atom. The Labute approximate surface area is 375 Å². The van der Waals surface area contributed by atoms with E-state index in [4.69, 9.17) is 9.40 Å². The molecule has 0 spiro atoms. The summed E-state index contributed by atoms with van der Waals surface area (Å²) in [7, 11) is -1.34.